The van der Waals surface area contributed by atoms with Crippen molar-refractivity contribution in [2.75, 3.05) is 14.2 Å². The van der Waals surface area contributed by atoms with Gasteiger partial charge < -0.3 is 19.3 Å². The lowest BCUT2D eigenvalue weighted by atomic mass is 9.90. The van der Waals surface area contributed by atoms with Crippen molar-refractivity contribution in [1.29, 1.82) is 0 Å². The van der Waals surface area contributed by atoms with Crippen molar-refractivity contribution < 1.29 is 24.1 Å². The van der Waals surface area contributed by atoms with Gasteiger partial charge in [-0.2, -0.15) is 0 Å². The summed E-state index contributed by atoms with van der Waals surface area (Å²) in [5.74, 6) is 0.114. The molecule has 0 bridgehead atoms. The molecule has 0 saturated carbocycles. The topological polar surface area (TPSA) is 65.0 Å². The van der Waals surface area contributed by atoms with E-state index in [9.17, 15) is 9.90 Å². The first-order valence-corrected chi connectivity index (χ1v) is 8.15. The van der Waals surface area contributed by atoms with Crippen molar-refractivity contribution >= 4 is 5.97 Å². The number of carbonyl (C=O) groups is 1. The Bertz CT molecular complexity index is 724. The van der Waals surface area contributed by atoms with Crippen LogP contribution in [-0.4, -0.2) is 31.4 Å². The van der Waals surface area contributed by atoms with Gasteiger partial charge in [-0.25, -0.2) is 0 Å². The fraction of sp³-hybridized carbons (Fsp3) is 0.350. The van der Waals surface area contributed by atoms with Gasteiger partial charge in [-0.05, 0) is 50.1 Å². The average molecular weight is 344 g/mol. The summed E-state index contributed by atoms with van der Waals surface area (Å²) in [6.45, 7) is 3.88. The smallest absolute Gasteiger partial charge is 0.311 e. The lowest BCUT2D eigenvalue weighted by Gasteiger charge is -2.20. The highest BCUT2D eigenvalue weighted by Gasteiger charge is 2.26. The number of methoxy groups -OCH3 is 2. The van der Waals surface area contributed by atoms with Crippen molar-refractivity contribution in [2.45, 2.75) is 32.3 Å². The van der Waals surface area contributed by atoms with Crippen LogP contribution in [0.1, 0.15) is 30.9 Å². The second-order valence-corrected chi connectivity index (χ2v) is 5.98. The highest BCUT2D eigenvalue weighted by Crippen LogP contribution is 2.34. The third-order valence-corrected chi connectivity index (χ3v) is 3.87. The van der Waals surface area contributed by atoms with Gasteiger partial charge in [0.2, 0.25) is 0 Å². The first-order chi connectivity index (χ1) is 12.0. The molecule has 2 rings (SSSR count). The van der Waals surface area contributed by atoms with Crippen molar-refractivity contribution in [3.05, 3.63) is 53.6 Å². The largest absolute Gasteiger partial charge is 0.497 e. The van der Waals surface area contributed by atoms with E-state index >= 15 is 0 Å². The Balaban J connectivity index is 2.43. The normalized spacial score (nSPS) is 11.9. The van der Waals surface area contributed by atoms with Gasteiger partial charge in [-0.3, -0.25) is 4.79 Å². The Morgan fingerprint density at radius 3 is 2.36 bits per heavy atom. The van der Waals surface area contributed by atoms with E-state index in [4.69, 9.17) is 14.2 Å². The quantitative estimate of drug-likeness (QED) is 0.787. The van der Waals surface area contributed by atoms with Crippen LogP contribution in [0.2, 0.25) is 0 Å². The standard InChI is InChI=1S/C20H24O5/c1-13(2)25-18-8-6-5-7-14(18)11-17(20(21)22)16-12-15(23-3)9-10-19(16)24-4/h5-10,12-13,17H,11H2,1-4H3,(H,21,22). The number of hydrogen-bond donors (Lipinski definition) is 1. The van der Waals surface area contributed by atoms with E-state index in [1.54, 1.807) is 25.3 Å². The zero-order valence-electron chi connectivity index (χ0n) is 15.0. The Hall–Kier alpha value is -2.69. The first-order valence-electron chi connectivity index (χ1n) is 8.15. The van der Waals surface area contributed by atoms with Gasteiger partial charge in [0.1, 0.15) is 17.2 Å². The van der Waals surface area contributed by atoms with Gasteiger partial charge in [-0.1, -0.05) is 18.2 Å². The van der Waals surface area contributed by atoms with E-state index < -0.39 is 11.9 Å². The molecule has 1 unspecified atom stereocenters. The second-order valence-electron chi connectivity index (χ2n) is 5.98. The van der Waals surface area contributed by atoms with Crippen molar-refractivity contribution in [1.82, 2.24) is 0 Å². The van der Waals surface area contributed by atoms with Gasteiger partial charge in [-0.15, -0.1) is 0 Å². The molecule has 134 valence electrons. The SMILES string of the molecule is COc1ccc(OC)c(C(Cc2ccccc2OC(C)C)C(=O)O)c1. The fourth-order valence-electron chi connectivity index (χ4n) is 2.70. The molecule has 0 aliphatic rings. The van der Waals surface area contributed by atoms with Gasteiger partial charge in [0, 0.05) is 5.56 Å². The van der Waals surface area contributed by atoms with Crippen LogP contribution in [0, 0.1) is 0 Å². The van der Waals surface area contributed by atoms with Crippen molar-refractivity contribution in [3.8, 4) is 17.2 Å². The molecule has 0 saturated heterocycles. The lowest BCUT2D eigenvalue weighted by molar-refractivity contribution is -0.138. The summed E-state index contributed by atoms with van der Waals surface area (Å²) >= 11 is 0. The molecule has 0 aromatic heterocycles. The highest BCUT2D eigenvalue weighted by atomic mass is 16.5. The van der Waals surface area contributed by atoms with E-state index in [1.807, 2.05) is 38.1 Å². The summed E-state index contributed by atoms with van der Waals surface area (Å²) < 4.78 is 16.4. The molecular formula is C20H24O5. The Morgan fingerprint density at radius 2 is 1.76 bits per heavy atom. The summed E-state index contributed by atoms with van der Waals surface area (Å²) in [5.41, 5.74) is 1.42. The minimum absolute atomic E-state index is 0.00998. The molecule has 2 aromatic carbocycles. The summed E-state index contributed by atoms with van der Waals surface area (Å²) in [6.07, 6.45) is 0.303. The van der Waals surface area contributed by atoms with Crippen LogP contribution in [0.15, 0.2) is 42.5 Å². The molecule has 0 radical (unpaired) electrons. The molecule has 0 spiro atoms. The molecule has 1 atom stereocenters. The number of para-hydroxylation sites is 1. The minimum atomic E-state index is -0.925. The molecule has 2 aromatic rings. The van der Waals surface area contributed by atoms with Crippen LogP contribution in [0.4, 0.5) is 0 Å². The molecular weight excluding hydrogens is 320 g/mol. The van der Waals surface area contributed by atoms with Gasteiger partial charge in [0.25, 0.3) is 0 Å². The number of benzene rings is 2. The number of carboxylic acid groups (broad SMARTS) is 1. The van der Waals surface area contributed by atoms with Gasteiger partial charge in [0.15, 0.2) is 0 Å². The highest BCUT2D eigenvalue weighted by molar-refractivity contribution is 5.78. The van der Waals surface area contributed by atoms with Gasteiger partial charge in [0.05, 0.1) is 26.2 Å². The maximum atomic E-state index is 12.0. The summed E-state index contributed by atoms with van der Waals surface area (Å²) in [6, 6.07) is 12.7. The lowest BCUT2D eigenvalue weighted by Crippen LogP contribution is -2.17. The molecule has 0 aliphatic carbocycles. The minimum Gasteiger partial charge on any atom is -0.497 e. The third kappa shape index (κ3) is 4.66. The molecule has 0 heterocycles. The summed E-state index contributed by atoms with van der Waals surface area (Å²) in [4.78, 5) is 12.0. The zero-order chi connectivity index (χ0) is 18.4. The monoisotopic (exact) mass is 344 g/mol. The van der Waals surface area contributed by atoms with Crippen LogP contribution in [-0.2, 0) is 11.2 Å². The van der Waals surface area contributed by atoms with E-state index in [2.05, 4.69) is 0 Å². The van der Waals surface area contributed by atoms with E-state index in [0.717, 1.165) is 5.56 Å². The fourth-order valence-corrected chi connectivity index (χ4v) is 2.70. The maximum Gasteiger partial charge on any atom is 0.311 e. The molecule has 5 nitrogen and oxygen atoms in total. The van der Waals surface area contributed by atoms with Crippen molar-refractivity contribution in [2.24, 2.45) is 0 Å². The Labute approximate surface area is 148 Å². The number of ether oxygens (including phenoxy) is 3. The Kier molecular flexibility index (Phi) is 6.28. The predicted molar refractivity (Wildman–Crippen MR) is 95.8 cm³/mol. The number of aliphatic carboxylic acids is 1. The summed E-state index contributed by atoms with van der Waals surface area (Å²) in [5, 5.41) is 9.81. The zero-order valence-corrected chi connectivity index (χ0v) is 15.0. The number of carboxylic acids is 1. The maximum absolute atomic E-state index is 12.0. The van der Waals surface area contributed by atoms with Crippen LogP contribution < -0.4 is 14.2 Å². The van der Waals surface area contributed by atoms with Crippen LogP contribution in [0.3, 0.4) is 0 Å². The summed E-state index contributed by atoms with van der Waals surface area (Å²) in [7, 11) is 3.08. The first kappa shape index (κ1) is 18.6. The molecule has 1 N–H and O–H groups in total. The second kappa shape index (κ2) is 8.42. The van der Waals surface area contributed by atoms with Crippen LogP contribution in [0.25, 0.3) is 0 Å². The predicted octanol–water partition coefficient (Wildman–Crippen LogP) is 3.90. The molecule has 0 aliphatic heterocycles. The van der Waals surface area contributed by atoms with Crippen LogP contribution >= 0.6 is 0 Å². The number of rotatable bonds is 8. The van der Waals surface area contributed by atoms with Gasteiger partial charge >= 0.3 is 5.97 Å². The van der Waals surface area contributed by atoms with E-state index in [-0.39, 0.29) is 6.10 Å². The number of hydrogen-bond acceptors (Lipinski definition) is 4. The average Bonchev–Trinajstić information content (AvgIpc) is 2.59. The van der Waals surface area contributed by atoms with Crippen LogP contribution in [0.5, 0.6) is 17.2 Å². The molecule has 0 amide bonds. The molecule has 25 heavy (non-hydrogen) atoms. The third-order valence-electron chi connectivity index (χ3n) is 3.87. The molecule has 5 heteroatoms. The molecule has 0 fully saturated rings. The van der Waals surface area contributed by atoms with Crippen molar-refractivity contribution in [3.63, 3.8) is 0 Å². The van der Waals surface area contributed by atoms with E-state index in [1.165, 1.54) is 7.11 Å². The Morgan fingerprint density at radius 1 is 1.04 bits per heavy atom. The van der Waals surface area contributed by atoms with E-state index in [0.29, 0.717) is 29.2 Å².